The van der Waals surface area contributed by atoms with Crippen LogP contribution in [0.5, 0.6) is 0 Å². The highest BCUT2D eigenvalue weighted by atomic mass is 16.1. The van der Waals surface area contributed by atoms with Crippen molar-refractivity contribution >= 4 is 5.78 Å². The van der Waals surface area contributed by atoms with Crippen LogP contribution < -0.4 is 5.32 Å². The van der Waals surface area contributed by atoms with Gasteiger partial charge in [-0.3, -0.25) is 9.48 Å². The van der Waals surface area contributed by atoms with E-state index in [1.54, 1.807) is 6.20 Å². The second-order valence-corrected chi connectivity index (χ2v) is 4.42. The van der Waals surface area contributed by atoms with Crippen LogP contribution in [-0.4, -0.2) is 28.7 Å². The molecule has 0 aliphatic carbocycles. The third-order valence-electron chi connectivity index (χ3n) is 3.18. The number of nitrogens with one attached hydrogen (secondary N) is 1. The Balaban J connectivity index is 1.94. The minimum absolute atomic E-state index is 0.177. The van der Waals surface area contributed by atoms with E-state index >= 15 is 0 Å². The minimum atomic E-state index is 0.177. The van der Waals surface area contributed by atoms with Crippen LogP contribution in [0.15, 0.2) is 12.4 Å². The summed E-state index contributed by atoms with van der Waals surface area (Å²) in [6.07, 6.45) is 6.54. The molecule has 1 aliphatic heterocycles. The first-order chi connectivity index (χ1) is 7.79. The van der Waals surface area contributed by atoms with E-state index in [0.717, 1.165) is 25.2 Å². The largest absolute Gasteiger partial charge is 0.317 e. The number of piperidine rings is 1. The second kappa shape index (κ2) is 5.25. The van der Waals surface area contributed by atoms with E-state index in [2.05, 4.69) is 10.4 Å². The van der Waals surface area contributed by atoms with Gasteiger partial charge in [-0.2, -0.15) is 5.10 Å². The van der Waals surface area contributed by atoms with Crippen LogP contribution in [0, 0.1) is 5.92 Å². The van der Waals surface area contributed by atoms with Gasteiger partial charge in [0.2, 0.25) is 0 Å². The van der Waals surface area contributed by atoms with Crippen molar-refractivity contribution < 1.29 is 4.79 Å². The summed E-state index contributed by atoms with van der Waals surface area (Å²) in [6.45, 7) is 5.03. The normalized spacial score (nSPS) is 17.6. The van der Waals surface area contributed by atoms with Gasteiger partial charge in [-0.1, -0.05) is 6.92 Å². The van der Waals surface area contributed by atoms with E-state index in [9.17, 15) is 4.79 Å². The van der Waals surface area contributed by atoms with E-state index in [4.69, 9.17) is 0 Å². The lowest BCUT2D eigenvalue weighted by atomic mass is 9.98. The summed E-state index contributed by atoms with van der Waals surface area (Å²) in [5.41, 5.74) is 0.747. The van der Waals surface area contributed by atoms with E-state index < -0.39 is 0 Å². The number of hydrogen-bond donors (Lipinski definition) is 1. The molecule has 0 amide bonds. The van der Waals surface area contributed by atoms with Gasteiger partial charge >= 0.3 is 0 Å². The fraction of sp³-hybridized carbons (Fsp3) is 0.667. The molecular formula is C12H19N3O. The molecule has 1 aromatic rings. The molecule has 0 bridgehead atoms. The maximum atomic E-state index is 11.5. The monoisotopic (exact) mass is 221 g/mol. The van der Waals surface area contributed by atoms with E-state index in [1.807, 2.05) is 17.8 Å². The Bertz CT molecular complexity index is 353. The van der Waals surface area contributed by atoms with Gasteiger partial charge in [0, 0.05) is 19.2 Å². The third kappa shape index (κ3) is 2.70. The average Bonchev–Trinajstić information content (AvgIpc) is 2.78. The molecule has 0 aromatic carbocycles. The molecule has 1 saturated heterocycles. The van der Waals surface area contributed by atoms with Gasteiger partial charge in [-0.25, -0.2) is 0 Å². The van der Waals surface area contributed by atoms with Crippen molar-refractivity contribution in [3.05, 3.63) is 18.0 Å². The van der Waals surface area contributed by atoms with Crippen LogP contribution in [0.25, 0.3) is 0 Å². The maximum absolute atomic E-state index is 11.5. The highest BCUT2D eigenvalue weighted by Crippen LogP contribution is 2.14. The molecule has 4 heteroatoms. The summed E-state index contributed by atoms with van der Waals surface area (Å²) in [6, 6.07) is 0. The Hall–Kier alpha value is -1.16. The molecule has 88 valence electrons. The molecule has 1 aliphatic rings. The smallest absolute Gasteiger partial charge is 0.165 e. The number of nitrogens with zero attached hydrogens (tertiary/aromatic N) is 2. The summed E-state index contributed by atoms with van der Waals surface area (Å²) >= 11 is 0. The van der Waals surface area contributed by atoms with Gasteiger partial charge in [-0.15, -0.1) is 0 Å². The standard InChI is InChI=1S/C12H19N3O/c1-2-12(16)11-7-14-15(9-11)8-10-3-5-13-6-4-10/h7,9-10,13H,2-6,8H2,1H3. The third-order valence-corrected chi connectivity index (χ3v) is 3.18. The highest BCUT2D eigenvalue weighted by Gasteiger charge is 2.14. The van der Waals surface area contributed by atoms with E-state index in [0.29, 0.717) is 12.3 Å². The predicted molar refractivity (Wildman–Crippen MR) is 62.4 cm³/mol. The number of rotatable bonds is 4. The van der Waals surface area contributed by atoms with Crippen molar-refractivity contribution in [2.24, 2.45) is 5.92 Å². The van der Waals surface area contributed by atoms with Crippen molar-refractivity contribution in [1.82, 2.24) is 15.1 Å². The number of carbonyl (C=O) groups is 1. The first kappa shape index (κ1) is 11.3. The Labute approximate surface area is 96.0 Å². The number of hydrogen-bond acceptors (Lipinski definition) is 3. The summed E-state index contributed by atoms with van der Waals surface area (Å²) in [5.74, 6) is 0.877. The Kier molecular flexibility index (Phi) is 3.72. The van der Waals surface area contributed by atoms with E-state index in [-0.39, 0.29) is 5.78 Å². The zero-order chi connectivity index (χ0) is 11.4. The van der Waals surface area contributed by atoms with Gasteiger partial charge in [-0.05, 0) is 31.8 Å². The van der Waals surface area contributed by atoms with Gasteiger partial charge in [0.15, 0.2) is 5.78 Å². The fourth-order valence-corrected chi connectivity index (χ4v) is 2.14. The van der Waals surface area contributed by atoms with Crippen LogP contribution in [0.4, 0.5) is 0 Å². The summed E-state index contributed by atoms with van der Waals surface area (Å²) in [7, 11) is 0. The lowest BCUT2D eigenvalue weighted by Gasteiger charge is -2.22. The zero-order valence-electron chi connectivity index (χ0n) is 9.78. The van der Waals surface area contributed by atoms with Crippen LogP contribution in [0.2, 0.25) is 0 Å². The van der Waals surface area contributed by atoms with Gasteiger partial charge in [0.05, 0.1) is 11.8 Å². The second-order valence-electron chi connectivity index (χ2n) is 4.42. The number of carbonyl (C=O) groups excluding carboxylic acids is 1. The fourth-order valence-electron chi connectivity index (χ4n) is 2.14. The van der Waals surface area contributed by atoms with E-state index in [1.165, 1.54) is 12.8 Å². The van der Waals surface area contributed by atoms with Crippen molar-refractivity contribution in [2.45, 2.75) is 32.7 Å². The molecular weight excluding hydrogens is 202 g/mol. The van der Waals surface area contributed by atoms with Crippen LogP contribution in [-0.2, 0) is 6.54 Å². The molecule has 1 fully saturated rings. The van der Waals surface area contributed by atoms with Crippen LogP contribution in [0.1, 0.15) is 36.5 Å². The molecule has 2 heterocycles. The Morgan fingerprint density at radius 1 is 1.56 bits per heavy atom. The van der Waals surface area contributed by atoms with Gasteiger partial charge < -0.3 is 5.32 Å². The predicted octanol–water partition coefficient (Wildman–Crippen LogP) is 1.48. The molecule has 1 N–H and O–H groups in total. The highest BCUT2D eigenvalue weighted by molar-refractivity contribution is 5.95. The summed E-state index contributed by atoms with van der Waals surface area (Å²) in [5, 5.41) is 7.60. The Morgan fingerprint density at radius 2 is 2.31 bits per heavy atom. The van der Waals surface area contributed by atoms with Gasteiger partial charge in [0.25, 0.3) is 0 Å². The summed E-state index contributed by atoms with van der Waals surface area (Å²) in [4.78, 5) is 11.5. The van der Waals surface area contributed by atoms with Crippen LogP contribution >= 0.6 is 0 Å². The first-order valence-electron chi connectivity index (χ1n) is 6.06. The molecule has 16 heavy (non-hydrogen) atoms. The molecule has 4 nitrogen and oxygen atoms in total. The lowest BCUT2D eigenvalue weighted by molar-refractivity contribution is 0.0988. The molecule has 0 radical (unpaired) electrons. The van der Waals surface area contributed by atoms with Crippen molar-refractivity contribution in [1.29, 1.82) is 0 Å². The van der Waals surface area contributed by atoms with Crippen molar-refractivity contribution in [2.75, 3.05) is 13.1 Å². The Morgan fingerprint density at radius 3 is 3.00 bits per heavy atom. The molecule has 0 saturated carbocycles. The number of aromatic nitrogens is 2. The molecule has 2 rings (SSSR count). The SMILES string of the molecule is CCC(=O)c1cnn(CC2CCNCC2)c1. The van der Waals surface area contributed by atoms with Crippen molar-refractivity contribution in [3.63, 3.8) is 0 Å². The number of Topliss-reactive ketones (excluding diaryl/α,β-unsaturated/α-hetero) is 1. The molecule has 0 atom stereocenters. The summed E-state index contributed by atoms with van der Waals surface area (Å²) < 4.78 is 1.92. The number of ketones is 1. The first-order valence-corrected chi connectivity index (χ1v) is 6.06. The van der Waals surface area contributed by atoms with Gasteiger partial charge in [0.1, 0.15) is 0 Å². The average molecular weight is 221 g/mol. The molecule has 0 unspecified atom stereocenters. The van der Waals surface area contributed by atoms with Crippen LogP contribution in [0.3, 0.4) is 0 Å². The quantitative estimate of drug-likeness (QED) is 0.783. The zero-order valence-corrected chi connectivity index (χ0v) is 9.78. The molecule has 1 aromatic heterocycles. The minimum Gasteiger partial charge on any atom is -0.317 e. The maximum Gasteiger partial charge on any atom is 0.165 e. The van der Waals surface area contributed by atoms with Crippen molar-refractivity contribution in [3.8, 4) is 0 Å². The lowest BCUT2D eigenvalue weighted by Crippen LogP contribution is -2.29. The molecule has 0 spiro atoms. The topological polar surface area (TPSA) is 46.9 Å².